The van der Waals surface area contributed by atoms with Gasteiger partial charge in [0.25, 0.3) is 0 Å². The topological polar surface area (TPSA) is 62.2 Å². The lowest BCUT2D eigenvalue weighted by Crippen LogP contribution is -2.21. The second kappa shape index (κ2) is 7.20. The molecule has 1 aromatic carbocycles. The van der Waals surface area contributed by atoms with Crippen molar-refractivity contribution in [3.05, 3.63) is 58.9 Å². The largest absolute Gasteiger partial charge is 0.392 e. The zero-order valence-electron chi connectivity index (χ0n) is 11.7. The number of nitrogens with zero attached hydrogens (tertiary/aromatic N) is 1. The van der Waals surface area contributed by atoms with Crippen LogP contribution in [0.15, 0.2) is 42.7 Å². The third-order valence-corrected chi connectivity index (χ3v) is 3.55. The van der Waals surface area contributed by atoms with Crippen LogP contribution >= 0.6 is 11.6 Å². The Kier molecular flexibility index (Phi) is 5.31. The Morgan fingerprint density at radius 1 is 1.43 bits per heavy atom. The van der Waals surface area contributed by atoms with E-state index in [9.17, 15) is 9.90 Å². The molecular weight excluding hydrogens is 288 g/mol. The van der Waals surface area contributed by atoms with Crippen molar-refractivity contribution in [3.8, 4) is 0 Å². The molecule has 1 amide bonds. The van der Waals surface area contributed by atoms with Crippen molar-refractivity contribution >= 4 is 23.2 Å². The Labute approximate surface area is 128 Å². The van der Waals surface area contributed by atoms with Gasteiger partial charge >= 0.3 is 0 Å². The summed E-state index contributed by atoms with van der Waals surface area (Å²) in [6.07, 6.45) is 3.77. The van der Waals surface area contributed by atoms with Crippen molar-refractivity contribution in [2.45, 2.75) is 25.9 Å². The van der Waals surface area contributed by atoms with Crippen LogP contribution in [0, 0.1) is 0 Å². The lowest BCUT2D eigenvalue weighted by molar-refractivity contribution is -0.117. The fourth-order valence-electron chi connectivity index (χ4n) is 2.19. The van der Waals surface area contributed by atoms with E-state index < -0.39 is 0 Å². The summed E-state index contributed by atoms with van der Waals surface area (Å²) in [4.78, 5) is 16.4. The van der Waals surface area contributed by atoms with Gasteiger partial charge in [-0.05, 0) is 30.2 Å². The van der Waals surface area contributed by atoms with Crippen molar-refractivity contribution in [3.63, 3.8) is 0 Å². The van der Waals surface area contributed by atoms with Crippen LogP contribution in [0.3, 0.4) is 0 Å². The number of aliphatic hydroxyl groups is 1. The van der Waals surface area contributed by atoms with Crippen LogP contribution < -0.4 is 5.32 Å². The van der Waals surface area contributed by atoms with E-state index in [0.717, 1.165) is 5.56 Å². The molecule has 21 heavy (non-hydrogen) atoms. The minimum absolute atomic E-state index is 0.137. The first-order valence-electron chi connectivity index (χ1n) is 6.75. The zero-order chi connectivity index (χ0) is 15.2. The van der Waals surface area contributed by atoms with E-state index in [1.807, 2.05) is 19.1 Å². The third kappa shape index (κ3) is 3.80. The highest BCUT2D eigenvalue weighted by molar-refractivity contribution is 6.30. The standard InChI is InChI=1S/C16H17ClN2O2/c1-2-14(11-4-3-5-13(17)8-11)16(21)19-15-9-18-7-6-12(15)10-20/h3-9,14,20H,2,10H2,1H3,(H,19,21). The molecule has 0 radical (unpaired) electrons. The number of aromatic nitrogens is 1. The van der Waals surface area contributed by atoms with Gasteiger partial charge in [-0.2, -0.15) is 0 Å². The number of carbonyl (C=O) groups excluding carboxylic acids is 1. The maximum absolute atomic E-state index is 12.5. The molecule has 0 aliphatic carbocycles. The highest BCUT2D eigenvalue weighted by Crippen LogP contribution is 2.25. The summed E-state index contributed by atoms with van der Waals surface area (Å²) in [7, 11) is 0. The molecule has 5 heteroatoms. The Morgan fingerprint density at radius 3 is 2.90 bits per heavy atom. The summed E-state index contributed by atoms with van der Waals surface area (Å²) in [5.41, 5.74) is 2.04. The number of nitrogens with one attached hydrogen (secondary N) is 1. The monoisotopic (exact) mass is 304 g/mol. The predicted molar refractivity (Wildman–Crippen MR) is 83.3 cm³/mol. The molecule has 2 N–H and O–H groups in total. The highest BCUT2D eigenvalue weighted by Gasteiger charge is 2.19. The molecule has 0 saturated heterocycles. The minimum atomic E-state index is -0.296. The van der Waals surface area contributed by atoms with Gasteiger partial charge in [0.15, 0.2) is 0 Å². The Morgan fingerprint density at radius 2 is 2.24 bits per heavy atom. The molecule has 0 saturated carbocycles. The van der Waals surface area contributed by atoms with Crippen LogP contribution in [0.1, 0.15) is 30.4 Å². The van der Waals surface area contributed by atoms with Gasteiger partial charge in [0.1, 0.15) is 0 Å². The first-order valence-corrected chi connectivity index (χ1v) is 7.13. The summed E-state index contributed by atoms with van der Waals surface area (Å²) < 4.78 is 0. The number of halogens is 1. The van der Waals surface area contributed by atoms with Crippen LogP contribution in [0.25, 0.3) is 0 Å². The van der Waals surface area contributed by atoms with Crippen molar-refractivity contribution in [1.29, 1.82) is 0 Å². The van der Waals surface area contributed by atoms with Crippen LogP contribution in [-0.4, -0.2) is 16.0 Å². The van der Waals surface area contributed by atoms with Gasteiger partial charge in [-0.25, -0.2) is 0 Å². The maximum Gasteiger partial charge on any atom is 0.231 e. The van der Waals surface area contributed by atoms with Gasteiger partial charge in [-0.3, -0.25) is 9.78 Å². The molecule has 1 unspecified atom stereocenters. The molecular formula is C16H17ClN2O2. The van der Waals surface area contributed by atoms with Gasteiger partial charge in [-0.15, -0.1) is 0 Å². The second-order valence-corrected chi connectivity index (χ2v) is 5.13. The number of hydrogen-bond acceptors (Lipinski definition) is 3. The summed E-state index contributed by atoms with van der Waals surface area (Å²) >= 11 is 5.98. The lowest BCUT2D eigenvalue weighted by atomic mass is 9.95. The fraction of sp³-hybridized carbons (Fsp3) is 0.250. The van der Waals surface area contributed by atoms with E-state index >= 15 is 0 Å². The van der Waals surface area contributed by atoms with Crippen LogP contribution in [-0.2, 0) is 11.4 Å². The number of hydrogen-bond donors (Lipinski definition) is 2. The summed E-state index contributed by atoms with van der Waals surface area (Å²) in [5.74, 6) is -0.432. The first-order chi connectivity index (χ1) is 10.2. The minimum Gasteiger partial charge on any atom is -0.392 e. The van der Waals surface area contributed by atoms with Gasteiger partial charge in [0.2, 0.25) is 5.91 Å². The number of anilines is 1. The van der Waals surface area contributed by atoms with Crippen molar-refractivity contribution < 1.29 is 9.90 Å². The van der Waals surface area contributed by atoms with Crippen LogP contribution in [0.5, 0.6) is 0 Å². The molecule has 1 aromatic heterocycles. The van der Waals surface area contributed by atoms with Gasteiger partial charge in [0.05, 0.1) is 24.4 Å². The van der Waals surface area contributed by atoms with E-state index in [1.165, 1.54) is 6.20 Å². The van der Waals surface area contributed by atoms with E-state index in [-0.39, 0.29) is 18.4 Å². The summed E-state index contributed by atoms with van der Waals surface area (Å²) in [5, 5.41) is 12.7. The Balaban J connectivity index is 2.21. The van der Waals surface area contributed by atoms with Gasteiger partial charge in [0, 0.05) is 16.8 Å². The quantitative estimate of drug-likeness (QED) is 0.890. The smallest absolute Gasteiger partial charge is 0.231 e. The number of rotatable bonds is 5. The SMILES string of the molecule is CCC(C(=O)Nc1cnccc1CO)c1cccc(Cl)c1. The van der Waals surface area contributed by atoms with Crippen molar-refractivity contribution in [2.24, 2.45) is 0 Å². The fourth-order valence-corrected chi connectivity index (χ4v) is 2.39. The number of aliphatic hydroxyl groups excluding tert-OH is 1. The molecule has 0 aliphatic heterocycles. The van der Waals surface area contributed by atoms with Crippen LogP contribution in [0.4, 0.5) is 5.69 Å². The van der Waals surface area contributed by atoms with Crippen molar-refractivity contribution in [1.82, 2.24) is 4.98 Å². The average molecular weight is 305 g/mol. The van der Waals surface area contributed by atoms with E-state index in [0.29, 0.717) is 22.7 Å². The molecule has 0 aliphatic rings. The molecule has 110 valence electrons. The maximum atomic E-state index is 12.5. The lowest BCUT2D eigenvalue weighted by Gasteiger charge is -2.16. The van der Waals surface area contributed by atoms with E-state index in [1.54, 1.807) is 24.4 Å². The first kappa shape index (κ1) is 15.5. The predicted octanol–water partition coefficient (Wildman–Crippen LogP) is 3.36. The molecule has 0 bridgehead atoms. The molecule has 0 spiro atoms. The average Bonchev–Trinajstić information content (AvgIpc) is 2.48. The third-order valence-electron chi connectivity index (χ3n) is 3.32. The normalized spacial score (nSPS) is 12.0. The van der Waals surface area contributed by atoms with E-state index in [4.69, 9.17) is 11.6 Å². The molecule has 2 aromatic rings. The summed E-state index contributed by atoms with van der Waals surface area (Å²) in [6, 6.07) is 8.97. The van der Waals surface area contributed by atoms with Gasteiger partial charge in [-0.1, -0.05) is 30.7 Å². The molecule has 1 atom stereocenters. The number of amides is 1. The molecule has 1 heterocycles. The summed E-state index contributed by atoms with van der Waals surface area (Å²) in [6.45, 7) is 1.80. The Hall–Kier alpha value is -1.91. The van der Waals surface area contributed by atoms with Gasteiger partial charge < -0.3 is 10.4 Å². The Bertz CT molecular complexity index is 631. The van der Waals surface area contributed by atoms with E-state index in [2.05, 4.69) is 10.3 Å². The highest BCUT2D eigenvalue weighted by atomic mass is 35.5. The number of pyridine rings is 1. The molecule has 0 fully saturated rings. The second-order valence-electron chi connectivity index (χ2n) is 4.70. The van der Waals surface area contributed by atoms with Crippen LogP contribution in [0.2, 0.25) is 5.02 Å². The molecule has 2 rings (SSSR count). The molecule has 4 nitrogen and oxygen atoms in total. The van der Waals surface area contributed by atoms with Crippen molar-refractivity contribution in [2.75, 3.05) is 5.32 Å². The number of carbonyl (C=O) groups is 1. The number of benzene rings is 1. The zero-order valence-corrected chi connectivity index (χ0v) is 12.5.